The van der Waals surface area contributed by atoms with Gasteiger partial charge in [-0.15, -0.1) is 11.3 Å². The fraction of sp³-hybridized carbons (Fsp3) is 0.304. The molecule has 2 heterocycles. The summed E-state index contributed by atoms with van der Waals surface area (Å²) in [5.41, 5.74) is 3.19. The van der Waals surface area contributed by atoms with Gasteiger partial charge in [0.25, 0.3) is 0 Å². The molecule has 0 saturated carbocycles. The van der Waals surface area contributed by atoms with Crippen LogP contribution in [0, 0.1) is 24.5 Å². The molecule has 0 radical (unpaired) electrons. The van der Waals surface area contributed by atoms with E-state index >= 15 is 0 Å². The number of amidine groups is 1. The molecule has 2 aromatic carbocycles. The Bertz CT molecular complexity index is 1070. The van der Waals surface area contributed by atoms with Crippen molar-refractivity contribution in [2.45, 2.75) is 25.7 Å². The van der Waals surface area contributed by atoms with Gasteiger partial charge in [-0.1, -0.05) is 18.2 Å². The number of benzene rings is 2. The highest BCUT2D eigenvalue weighted by Crippen LogP contribution is 2.37. The summed E-state index contributed by atoms with van der Waals surface area (Å²) in [7, 11) is 1.44. The number of aryl methyl sites for hydroxylation is 1. The van der Waals surface area contributed by atoms with Crippen LogP contribution >= 0.6 is 11.3 Å². The van der Waals surface area contributed by atoms with E-state index in [1.54, 1.807) is 18.3 Å². The van der Waals surface area contributed by atoms with Crippen molar-refractivity contribution < 1.29 is 18.4 Å². The van der Waals surface area contributed by atoms with Gasteiger partial charge in [0.2, 0.25) is 0 Å². The fourth-order valence-corrected chi connectivity index (χ4v) is 5.17. The summed E-state index contributed by atoms with van der Waals surface area (Å²) in [4.78, 5) is 23.2. The van der Waals surface area contributed by atoms with Crippen LogP contribution in [0.25, 0.3) is 10.1 Å². The van der Waals surface area contributed by atoms with E-state index in [0.717, 1.165) is 15.0 Å². The number of nitrogens with zero attached hydrogens (tertiary/aromatic N) is 1. The van der Waals surface area contributed by atoms with Crippen LogP contribution in [-0.2, 0) is 16.1 Å². The lowest BCUT2D eigenvalue weighted by molar-refractivity contribution is -0.119. The number of thiophene rings is 1. The molecule has 4 rings (SSSR count). The van der Waals surface area contributed by atoms with E-state index in [0.29, 0.717) is 11.4 Å². The normalized spacial score (nSPS) is 18.6. The second-order valence-corrected chi connectivity index (χ2v) is 8.73. The number of ketones is 1. The first-order valence-electron chi connectivity index (χ1n) is 9.74. The van der Waals surface area contributed by atoms with Crippen LogP contribution in [0.5, 0.6) is 0 Å². The molecular formula is C23H22F2N2O2S. The Morgan fingerprint density at radius 2 is 1.97 bits per heavy atom. The Morgan fingerprint density at radius 3 is 2.67 bits per heavy atom. The average molecular weight is 429 g/mol. The van der Waals surface area contributed by atoms with Crippen LogP contribution in [-0.4, -0.2) is 25.3 Å². The summed E-state index contributed by atoms with van der Waals surface area (Å²) in [6.07, 6.45) is 0.405. The maximum atomic E-state index is 14.6. The van der Waals surface area contributed by atoms with Gasteiger partial charge in [0.1, 0.15) is 23.3 Å². The number of fused-ring (bicyclic) bond motifs is 1. The first kappa shape index (κ1) is 20.6. The number of hydrogen-bond acceptors (Lipinski definition) is 5. The largest absolute Gasteiger partial charge is 0.299 e. The molecule has 0 fully saturated rings. The van der Waals surface area contributed by atoms with Gasteiger partial charge < -0.3 is 0 Å². The minimum atomic E-state index is -0.603. The van der Waals surface area contributed by atoms with Gasteiger partial charge in [-0.3, -0.25) is 20.1 Å². The highest BCUT2D eigenvalue weighted by molar-refractivity contribution is 7.19. The summed E-state index contributed by atoms with van der Waals surface area (Å²) >= 11 is 1.59. The van der Waals surface area contributed by atoms with Crippen molar-refractivity contribution >= 4 is 33.0 Å². The van der Waals surface area contributed by atoms with Gasteiger partial charge in [0, 0.05) is 46.4 Å². The van der Waals surface area contributed by atoms with E-state index < -0.39 is 23.5 Å². The number of hydroxylamine groups is 1. The number of hydrogen-bond donors (Lipinski definition) is 1. The zero-order valence-corrected chi connectivity index (χ0v) is 17.6. The van der Waals surface area contributed by atoms with Crippen molar-refractivity contribution in [2.24, 2.45) is 10.9 Å². The van der Waals surface area contributed by atoms with Crippen LogP contribution < -0.4 is 5.48 Å². The SMILES string of the molecule is CONC1=NC[C@@H](c2c(F)cc(C)cc2F)[C@@H]1CC(=O)Cc1cc2ccccc2s1. The Balaban J connectivity index is 1.56. The van der Waals surface area contributed by atoms with Crippen LogP contribution in [0.3, 0.4) is 0 Å². The predicted octanol–water partition coefficient (Wildman–Crippen LogP) is 4.95. The molecule has 0 unspecified atom stereocenters. The van der Waals surface area contributed by atoms with Gasteiger partial charge in [0.15, 0.2) is 0 Å². The number of aliphatic imine (C=N–C) groups is 1. The fourth-order valence-electron chi connectivity index (χ4n) is 4.08. The van der Waals surface area contributed by atoms with E-state index in [9.17, 15) is 13.6 Å². The topological polar surface area (TPSA) is 50.7 Å². The standard InChI is InChI=1S/C23H22F2N2O2S/c1-13-7-19(24)22(20(25)8-13)18-12-26-23(27-29-2)17(18)11-15(28)10-16-9-14-5-3-4-6-21(14)30-16/h3-9,17-18H,10-12H2,1-2H3,(H,26,27)/t17-,18+/m0/s1. The summed E-state index contributed by atoms with van der Waals surface area (Å²) in [6, 6.07) is 12.6. The Labute approximate surface area is 177 Å². The molecule has 30 heavy (non-hydrogen) atoms. The first-order chi connectivity index (χ1) is 14.5. The minimum absolute atomic E-state index is 0.00279. The molecule has 1 N–H and O–H groups in total. The molecule has 2 atom stereocenters. The molecule has 0 spiro atoms. The maximum Gasteiger partial charge on any atom is 0.138 e. The summed E-state index contributed by atoms with van der Waals surface area (Å²) < 4.78 is 30.4. The van der Waals surface area contributed by atoms with E-state index in [4.69, 9.17) is 4.84 Å². The lowest BCUT2D eigenvalue weighted by atomic mass is 9.83. The molecule has 1 aliphatic rings. The number of carbonyl (C=O) groups is 1. The van der Waals surface area contributed by atoms with Gasteiger partial charge in [0.05, 0.1) is 7.11 Å². The molecule has 7 heteroatoms. The van der Waals surface area contributed by atoms with E-state index in [1.807, 2.05) is 30.3 Å². The van der Waals surface area contributed by atoms with E-state index in [1.165, 1.54) is 19.2 Å². The molecule has 1 aliphatic heterocycles. The van der Waals surface area contributed by atoms with Crippen molar-refractivity contribution in [3.05, 3.63) is 70.1 Å². The van der Waals surface area contributed by atoms with Crippen LogP contribution in [0.1, 0.15) is 28.3 Å². The number of Topliss-reactive ketones (excluding diaryl/α,β-unsaturated/α-hetero) is 1. The zero-order chi connectivity index (χ0) is 21.3. The molecule has 0 amide bonds. The quantitative estimate of drug-likeness (QED) is 0.565. The maximum absolute atomic E-state index is 14.6. The van der Waals surface area contributed by atoms with Crippen LogP contribution in [0.15, 0.2) is 47.5 Å². The zero-order valence-electron chi connectivity index (χ0n) is 16.7. The lowest BCUT2D eigenvalue weighted by Crippen LogP contribution is -2.32. The van der Waals surface area contributed by atoms with Gasteiger partial charge in [-0.05, 0) is 42.1 Å². The highest BCUT2D eigenvalue weighted by Gasteiger charge is 2.37. The molecule has 0 bridgehead atoms. The van der Waals surface area contributed by atoms with Crippen molar-refractivity contribution in [3.8, 4) is 0 Å². The molecule has 0 aliphatic carbocycles. The monoisotopic (exact) mass is 428 g/mol. The molecule has 4 nitrogen and oxygen atoms in total. The van der Waals surface area contributed by atoms with Crippen molar-refractivity contribution in [1.29, 1.82) is 0 Å². The number of rotatable bonds is 6. The van der Waals surface area contributed by atoms with Gasteiger partial charge >= 0.3 is 0 Å². The molecule has 3 aromatic rings. The average Bonchev–Trinajstić information content (AvgIpc) is 3.25. The summed E-state index contributed by atoms with van der Waals surface area (Å²) in [5.74, 6) is -1.79. The third kappa shape index (κ3) is 4.13. The summed E-state index contributed by atoms with van der Waals surface area (Å²) in [5, 5.41) is 1.11. The van der Waals surface area contributed by atoms with Crippen molar-refractivity contribution in [3.63, 3.8) is 0 Å². The second kappa shape index (κ2) is 8.62. The Hall–Kier alpha value is -2.64. The van der Waals surface area contributed by atoms with Gasteiger partial charge in [-0.2, -0.15) is 0 Å². The van der Waals surface area contributed by atoms with E-state index in [-0.39, 0.29) is 30.7 Å². The van der Waals surface area contributed by atoms with Crippen LogP contribution in [0.2, 0.25) is 0 Å². The Kier molecular flexibility index (Phi) is 5.92. The third-order valence-electron chi connectivity index (χ3n) is 5.39. The summed E-state index contributed by atoms with van der Waals surface area (Å²) in [6.45, 7) is 1.84. The molecule has 1 aromatic heterocycles. The third-order valence-corrected chi connectivity index (χ3v) is 6.51. The van der Waals surface area contributed by atoms with Crippen LogP contribution in [0.4, 0.5) is 8.78 Å². The predicted molar refractivity (Wildman–Crippen MR) is 115 cm³/mol. The van der Waals surface area contributed by atoms with Gasteiger partial charge in [-0.25, -0.2) is 8.78 Å². The number of nitrogens with one attached hydrogen (secondary N) is 1. The van der Waals surface area contributed by atoms with Crippen molar-refractivity contribution in [1.82, 2.24) is 5.48 Å². The second-order valence-electron chi connectivity index (χ2n) is 7.56. The molecule has 156 valence electrons. The minimum Gasteiger partial charge on any atom is -0.299 e. The van der Waals surface area contributed by atoms with E-state index in [2.05, 4.69) is 10.5 Å². The van der Waals surface area contributed by atoms with Crippen molar-refractivity contribution in [2.75, 3.05) is 13.7 Å². The number of halogens is 2. The lowest BCUT2D eigenvalue weighted by Gasteiger charge is -2.22. The number of carbonyl (C=O) groups excluding carboxylic acids is 1. The highest BCUT2D eigenvalue weighted by atomic mass is 32.1. The Morgan fingerprint density at radius 1 is 1.23 bits per heavy atom. The smallest absolute Gasteiger partial charge is 0.138 e. The first-order valence-corrected chi connectivity index (χ1v) is 10.6. The molecule has 0 saturated heterocycles. The molecular weight excluding hydrogens is 406 g/mol.